The Morgan fingerprint density at radius 1 is 1.12 bits per heavy atom. The molecule has 0 saturated heterocycles. The van der Waals surface area contributed by atoms with Gasteiger partial charge in [-0.25, -0.2) is 0 Å². The van der Waals surface area contributed by atoms with Crippen molar-refractivity contribution in [2.75, 3.05) is 13.6 Å². The van der Waals surface area contributed by atoms with Gasteiger partial charge in [0.15, 0.2) is 0 Å². The highest BCUT2D eigenvalue weighted by molar-refractivity contribution is 5.17. The van der Waals surface area contributed by atoms with E-state index in [2.05, 4.69) is 33.0 Å². The van der Waals surface area contributed by atoms with Crippen LogP contribution in [0.4, 0.5) is 0 Å². The van der Waals surface area contributed by atoms with Crippen molar-refractivity contribution < 1.29 is 9.59 Å². The summed E-state index contributed by atoms with van der Waals surface area (Å²) in [4.78, 5) is 0. The highest BCUT2D eigenvalue weighted by atomic mass is 16.3. The lowest BCUT2D eigenvalue weighted by molar-refractivity contribution is -0.938. The normalized spacial score (nSPS) is 28.2. The molecule has 1 heterocycles. The van der Waals surface area contributed by atoms with Crippen LogP contribution in [-0.4, -0.2) is 35.3 Å². The first-order valence-electron chi connectivity index (χ1n) is 6.30. The molecule has 17 heavy (non-hydrogen) atoms. The van der Waals surface area contributed by atoms with Gasteiger partial charge in [-0.3, -0.25) is 0 Å². The number of benzene rings is 1. The molecule has 2 heteroatoms. The maximum absolute atomic E-state index is 10.3. The van der Waals surface area contributed by atoms with E-state index in [1.165, 1.54) is 0 Å². The summed E-state index contributed by atoms with van der Waals surface area (Å²) in [7, 11) is 2.22. The summed E-state index contributed by atoms with van der Waals surface area (Å²) in [5.41, 5.74) is 1.01. The zero-order chi connectivity index (χ0) is 12.5. The molecular formula is C15H22NO+. The highest BCUT2D eigenvalue weighted by Gasteiger charge is 2.38. The molecule has 1 aliphatic heterocycles. The molecule has 0 bridgehead atoms. The number of nitrogens with zero attached hydrogens (tertiary/aromatic N) is 1. The lowest BCUT2D eigenvalue weighted by atomic mass is 10.1. The van der Waals surface area contributed by atoms with Gasteiger partial charge < -0.3 is 9.59 Å². The number of quaternary nitrogens is 1. The number of hydrogen-bond donors (Lipinski definition) is 1. The fourth-order valence-corrected chi connectivity index (χ4v) is 2.57. The van der Waals surface area contributed by atoms with Gasteiger partial charge in [-0.05, 0) is 31.6 Å². The van der Waals surface area contributed by atoms with E-state index in [1.54, 1.807) is 0 Å². The zero-order valence-corrected chi connectivity index (χ0v) is 10.9. The second kappa shape index (κ2) is 4.63. The van der Waals surface area contributed by atoms with Crippen LogP contribution in [0.5, 0.6) is 0 Å². The lowest BCUT2D eigenvalue weighted by Gasteiger charge is -2.40. The Labute approximate surface area is 104 Å². The Balaban J connectivity index is 2.11. The van der Waals surface area contributed by atoms with Gasteiger partial charge in [0.05, 0.1) is 7.05 Å². The fourth-order valence-electron chi connectivity index (χ4n) is 2.57. The van der Waals surface area contributed by atoms with E-state index in [0.717, 1.165) is 16.6 Å². The van der Waals surface area contributed by atoms with Gasteiger partial charge in [-0.2, -0.15) is 0 Å². The van der Waals surface area contributed by atoms with Crippen LogP contribution in [0.2, 0.25) is 0 Å². The molecule has 0 spiro atoms. The van der Waals surface area contributed by atoms with Crippen LogP contribution >= 0.6 is 0 Å². The average Bonchev–Trinajstić information content (AvgIpc) is 2.58. The number of aliphatic hydroxyl groups excluding tert-OH is 1. The maximum atomic E-state index is 10.3. The van der Waals surface area contributed by atoms with Gasteiger partial charge in [0.1, 0.15) is 24.7 Å². The zero-order valence-electron chi connectivity index (χ0n) is 10.9. The van der Waals surface area contributed by atoms with Crippen molar-refractivity contribution in [2.24, 2.45) is 0 Å². The topological polar surface area (TPSA) is 20.2 Å². The second-order valence-electron chi connectivity index (χ2n) is 5.32. The van der Waals surface area contributed by atoms with E-state index in [1.807, 2.05) is 30.3 Å². The van der Waals surface area contributed by atoms with Crippen LogP contribution in [0.3, 0.4) is 0 Å². The van der Waals surface area contributed by atoms with E-state index >= 15 is 0 Å². The molecule has 1 aromatic carbocycles. The largest absolute Gasteiger partial charge is 0.382 e. The van der Waals surface area contributed by atoms with Crippen LogP contribution in [0.25, 0.3) is 0 Å². The van der Waals surface area contributed by atoms with Gasteiger partial charge in [-0.1, -0.05) is 30.3 Å². The SMILES string of the molecule is C[C@@H]1C=C[C@@H](C)[N+]1(C)C[C@@H](O)c1ccccc1. The van der Waals surface area contributed by atoms with E-state index in [9.17, 15) is 5.11 Å². The highest BCUT2D eigenvalue weighted by Crippen LogP contribution is 2.28. The molecule has 0 aliphatic carbocycles. The molecule has 2 rings (SSSR count). The molecule has 0 saturated carbocycles. The molecule has 0 fully saturated rings. The van der Waals surface area contributed by atoms with Gasteiger partial charge in [0.25, 0.3) is 0 Å². The third kappa shape index (κ3) is 2.28. The van der Waals surface area contributed by atoms with Crippen molar-refractivity contribution in [3.05, 3.63) is 48.0 Å². The molecule has 1 N–H and O–H groups in total. The van der Waals surface area contributed by atoms with Crippen LogP contribution in [0.15, 0.2) is 42.5 Å². The minimum absolute atomic E-state index is 0.383. The summed E-state index contributed by atoms with van der Waals surface area (Å²) in [6, 6.07) is 10.9. The summed E-state index contributed by atoms with van der Waals surface area (Å²) < 4.78 is 0.885. The van der Waals surface area contributed by atoms with Crippen LogP contribution in [0.1, 0.15) is 25.5 Å². The first-order valence-corrected chi connectivity index (χ1v) is 6.30. The summed E-state index contributed by atoms with van der Waals surface area (Å²) in [6.07, 6.45) is 4.12. The van der Waals surface area contributed by atoms with Crippen molar-refractivity contribution in [1.29, 1.82) is 0 Å². The third-order valence-corrected chi connectivity index (χ3v) is 4.28. The van der Waals surface area contributed by atoms with Gasteiger partial charge in [-0.15, -0.1) is 0 Å². The van der Waals surface area contributed by atoms with E-state index < -0.39 is 0 Å². The Morgan fingerprint density at radius 3 is 2.18 bits per heavy atom. The summed E-state index contributed by atoms with van der Waals surface area (Å²) in [6.45, 7) is 5.20. The maximum Gasteiger partial charge on any atom is 0.128 e. The van der Waals surface area contributed by atoms with Gasteiger partial charge in [0.2, 0.25) is 0 Å². The van der Waals surface area contributed by atoms with Gasteiger partial charge in [0, 0.05) is 0 Å². The molecule has 2 nitrogen and oxygen atoms in total. The predicted molar refractivity (Wildman–Crippen MR) is 70.5 cm³/mol. The Morgan fingerprint density at radius 2 is 1.65 bits per heavy atom. The van der Waals surface area contributed by atoms with E-state index in [4.69, 9.17) is 0 Å². The Bertz CT molecular complexity index is 387. The molecule has 1 aromatic rings. The molecule has 0 radical (unpaired) electrons. The monoisotopic (exact) mass is 232 g/mol. The molecule has 92 valence electrons. The Kier molecular flexibility index (Phi) is 3.36. The number of likely N-dealkylation sites (N-methyl/N-ethyl adjacent to an activating group) is 1. The minimum atomic E-state index is -0.383. The molecular weight excluding hydrogens is 210 g/mol. The van der Waals surface area contributed by atoms with Gasteiger partial charge >= 0.3 is 0 Å². The average molecular weight is 232 g/mol. The number of aliphatic hydroxyl groups is 1. The molecule has 1 aliphatic rings. The van der Waals surface area contributed by atoms with Crippen molar-refractivity contribution in [1.82, 2.24) is 0 Å². The molecule has 3 atom stereocenters. The van der Waals surface area contributed by atoms with Crippen LogP contribution < -0.4 is 0 Å². The summed E-state index contributed by atoms with van der Waals surface area (Å²) >= 11 is 0. The van der Waals surface area contributed by atoms with Crippen molar-refractivity contribution in [3.63, 3.8) is 0 Å². The van der Waals surface area contributed by atoms with E-state index in [0.29, 0.717) is 12.1 Å². The predicted octanol–water partition coefficient (Wildman–Crippen LogP) is 2.51. The van der Waals surface area contributed by atoms with E-state index in [-0.39, 0.29) is 6.10 Å². The summed E-state index contributed by atoms with van der Waals surface area (Å²) in [5.74, 6) is 0. The Hall–Kier alpha value is -1.12. The molecule has 0 aromatic heterocycles. The fraction of sp³-hybridized carbons (Fsp3) is 0.467. The summed E-state index contributed by atoms with van der Waals surface area (Å²) in [5, 5.41) is 10.3. The first-order chi connectivity index (χ1) is 8.04. The molecule has 0 amide bonds. The standard InChI is InChI=1S/C15H22NO/c1-12-9-10-13(2)16(12,3)11-15(17)14-7-5-4-6-8-14/h4-10,12-13,15,17H,11H2,1-3H3/q+1/t12-,13-,15-/m1/s1. The van der Waals surface area contributed by atoms with Crippen molar-refractivity contribution in [3.8, 4) is 0 Å². The first kappa shape index (κ1) is 12.3. The van der Waals surface area contributed by atoms with Crippen LogP contribution in [0, 0.1) is 0 Å². The second-order valence-corrected chi connectivity index (χ2v) is 5.32. The lowest BCUT2D eigenvalue weighted by Crippen LogP contribution is -2.54. The van der Waals surface area contributed by atoms with Crippen molar-refractivity contribution in [2.45, 2.75) is 32.0 Å². The number of rotatable bonds is 3. The minimum Gasteiger partial charge on any atom is -0.382 e. The number of hydrogen-bond acceptors (Lipinski definition) is 1. The quantitative estimate of drug-likeness (QED) is 0.627. The third-order valence-electron chi connectivity index (χ3n) is 4.28. The van der Waals surface area contributed by atoms with Crippen molar-refractivity contribution >= 4 is 0 Å². The molecule has 0 unspecified atom stereocenters. The van der Waals surface area contributed by atoms with Crippen LogP contribution in [-0.2, 0) is 0 Å². The smallest absolute Gasteiger partial charge is 0.128 e.